The number of ether oxygens (including phenoxy) is 1. The predicted octanol–water partition coefficient (Wildman–Crippen LogP) is 7.18. The number of hydrogen-bond donors (Lipinski definition) is 2. The molecule has 1 aromatic heterocycles. The number of benzene rings is 3. The average Bonchev–Trinajstić information content (AvgIpc) is 3.24. The van der Waals surface area contributed by atoms with Crippen LogP contribution in [0.5, 0.6) is 17.2 Å². The molecule has 0 aliphatic heterocycles. The first kappa shape index (κ1) is 25.1. The van der Waals surface area contributed by atoms with Crippen molar-refractivity contribution in [2.24, 2.45) is 0 Å². The topological polar surface area (TPSA) is 76.4 Å². The van der Waals surface area contributed by atoms with Crippen molar-refractivity contribution < 1.29 is 27.8 Å². The first-order valence-corrected chi connectivity index (χ1v) is 11.6. The van der Waals surface area contributed by atoms with Crippen molar-refractivity contribution in [2.75, 3.05) is 11.9 Å². The van der Waals surface area contributed by atoms with Gasteiger partial charge in [0.25, 0.3) is 0 Å². The maximum Gasteiger partial charge on any atom is 0.390 e. The molecule has 0 fully saturated rings. The summed E-state index contributed by atoms with van der Waals surface area (Å²) in [5.74, 6) is 0.526. The van der Waals surface area contributed by atoms with Gasteiger partial charge in [-0.15, -0.1) is 0 Å². The smallest absolute Gasteiger partial charge is 0.390 e. The lowest BCUT2D eigenvalue weighted by Gasteiger charge is -2.14. The molecule has 2 N–H and O–H groups in total. The molecule has 3 aromatic carbocycles. The van der Waals surface area contributed by atoms with E-state index in [1.807, 2.05) is 26.0 Å². The monoisotopic (exact) mass is 497 g/mol. The minimum atomic E-state index is -4.30. The highest BCUT2D eigenvalue weighted by Gasteiger charge is 2.26. The first-order chi connectivity index (χ1) is 17.2. The number of fused-ring (bicyclic) bond motifs is 1. The molecule has 0 saturated heterocycles. The number of carbonyl (C=O) groups excluding carboxylic acids is 1. The van der Waals surface area contributed by atoms with Crippen molar-refractivity contribution in [1.29, 1.82) is 0 Å². The lowest BCUT2D eigenvalue weighted by molar-refractivity contribution is -0.131. The van der Waals surface area contributed by atoms with E-state index in [-0.39, 0.29) is 23.8 Å². The average molecular weight is 498 g/mol. The molecule has 1 heterocycles. The summed E-state index contributed by atoms with van der Waals surface area (Å²) < 4.78 is 45.9. The van der Waals surface area contributed by atoms with Crippen LogP contribution in [0.3, 0.4) is 0 Å². The third kappa shape index (κ3) is 5.62. The Hall–Kier alpha value is -4.01. The molecule has 6 nitrogen and oxygen atoms in total. The third-order valence-electron chi connectivity index (χ3n) is 5.71. The van der Waals surface area contributed by atoms with Crippen LogP contribution in [-0.4, -0.2) is 33.2 Å². The van der Waals surface area contributed by atoms with Crippen LogP contribution in [0.2, 0.25) is 0 Å². The van der Waals surface area contributed by atoms with Crippen LogP contribution in [0.15, 0.2) is 60.9 Å². The second kappa shape index (κ2) is 10.3. The van der Waals surface area contributed by atoms with E-state index in [1.165, 1.54) is 6.07 Å². The molecular weight excluding hydrogens is 471 g/mol. The van der Waals surface area contributed by atoms with E-state index < -0.39 is 12.6 Å². The van der Waals surface area contributed by atoms with E-state index in [1.54, 1.807) is 47.3 Å². The summed E-state index contributed by atoms with van der Waals surface area (Å²) >= 11 is 0. The summed E-state index contributed by atoms with van der Waals surface area (Å²) in [5, 5.41) is 12.9. The first-order valence-electron chi connectivity index (χ1n) is 11.6. The minimum Gasteiger partial charge on any atom is -0.504 e. The van der Waals surface area contributed by atoms with Crippen molar-refractivity contribution in [1.82, 2.24) is 9.55 Å². The second-order valence-electron chi connectivity index (χ2n) is 8.49. The molecule has 4 aromatic rings. The number of aromatic hydroxyl groups is 1. The molecule has 0 aliphatic rings. The van der Waals surface area contributed by atoms with Crippen LogP contribution < -0.4 is 10.1 Å². The molecule has 0 spiro atoms. The minimum absolute atomic E-state index is 0.0688. The largest absolute Gasteiger partial charge is 0.504 e. The van der Waals surface area contributed by atoms with Crippen molar-refractivity contribution in [3.63, 3.8) is 0 Å². The third-order valence-corrected chi connectivity index (χ3v) is 5.71. The quantitative estimate of drug-likeness (QED) is 0.240. The van der Waals surface area contributed by atoms with Crippen molar-refractivity contribution in [3.8, 4) is 22.9 Å². The zero-order chi connectivity index (χ0) is 25.9. The van der Waals surface area contributed by atoms with Crippen molar-refractivity contribution in [3.05, 3.63) is 72.1 Å². The summed E-state index contributed by atoms with van der Waals surface area (Å²) in [6.07, 6.45) is -2.51. The molecule has 0 bridgehead atoms. The van der Waals surface area contributed by atoms with E-state index in [2.05, 4.69) is 10.3 Å². The van der Waals surface area contributed by atoms with E-state index in [0.29, 0.717) is 34.5 Å². The Bertz CT molecular complexity index is 1400. The lowest BCUT2D eigenvalue weighted by Crippen LogP contribution is -2.14. The SMILES string of the molecule is CCCC(=O)c1ccc(-n2cnc3c(NCCC(F)(F)F)cc(Oc4ccccc4O)cc32)cc1C. The molecule has 0 aliphatic carbocycles. The Balaban J connectivity index is 1.76. The highest BCUT2D eigenvalue weighted by atomic mass is 19.4. The zero-order valence-corrected chi connectivity index (χ0v) is 19.9. The number of Topliss-reactive ketones (excluding diaryl/α,β-unsaturated/α-hetero) is 1. The van der Waals surface area contributed by atoms with Gasteiger partial charge in [0.15, 0.2) is 17.3 Å². The second-order valence-corrected chi connectivity index (χ2v) is 8.49. The molecule has 36 heavy (non-hydrogen) atoms. The van der Waals surface area contributed by atoms with E-state index in [0.717, 1.165) is 17.7 Å². The van der Waals surface area contributed by atoms with Gasteiger partial charge in [-0.3, -0.25) is 9.36 Å². The van der Waals surface area contributed by atoms with Gasteiger partial charge >= 0.3 is 6.18 Å². The lowest BCUT2D eigenvalue weighted by atomic mass is 10.0. The van der Waals surface area contributed by atoms with E-state index >= 15 is 0 Å². The van der Waals surface area contributed by atoms with Crippen LogP contribution in [0.4, 0.5) is 18.9 Å². The number of phenols is 1. The number of alkyl halides is 3. The van der Waals surface area contributed by atoms with Gasteiger partial charge in [-0.1, -0.05) is 19.1 Å². The number of halogens is 3. The normalized spacial score (nSPS) is 11.6. The standard InChI is InChI=1S/C27H26F3N3O3/c1-3-6-23(34)20-10-9-18(13-17(20)2)33-16-32-26-21(31-12-11-27(28,29)30)14-19(15-22(26)33)36-25-8-5-4-7-24(25)35/h4-5,7-10,13-16,31,35H,3,6,11-12H2,1-2H3. The number of imidazole rings is 1. The van der Waals surface area contributed by atoms with Crippen LogP contribution in [0.25, 0.3) is 16.7 Å². The van der Waals surface area contributed by atoms with Crippen LogP contribution in [-0.2, 0) is 0 Å². The van der Waals surface area contributed by atoms with Gasteiger partial charge in [-0.25, -0.2) is 4.98 Å². The fourth-order valence-corrected chi connectivity index (χ4v) is 3.97. The maximum absolute atomic E-state index is 12.7. The Morgan fingerprint density at radius 3 is 2.61 bits per heavy atom. The van der Waals surface area contributed by atoms with Crippen LogP contribution in [0.1, 0.15) is 42.1 Å². The molecule has 0 radical (unpaired) electrons. The van der Waals surface area contributed by atoms with Crippen molar-refractivity contribution >= 4 is 22.5 Å². The van der Waals surface area contributed by atoms with Crippen LogP contribution >= 0.6 is 0 Å². The summed E-state index contributed by atoms with van der Waals surface area (Å²) in [6, 6.07) is 15.1. The van der Waals surface area contributed by atoms with Gasteiger partial charge in [0.1, 0.15) is 17.6 Å². The molecule has 0 atom stereocenters. The number of nitrogens with one attached hydrogen (secondary N) is 1. The summed E-state index contributed by atoms with van der Waals surface area (Å²) in [6.45, 7) is 3.48. The van der Waals surface area contributed by atoms with Gasteiger partial charge < -0.3 is 15.2 Å². The maximum atomic E-state index is 12.7. The van der Waals surface area contributed by atoms with E-state index in [9.17, 15) is 23.1 Å². The van der Waals surface area contributed by atoms with Gasteiger partial charge in [0.2, 0.25) is 0 Å². The molecule has 0 unspecified atom stereocenters. The Morgan fingerprint density at radius 1 is 1.14 bits per heavy atom. The number of hydrogen-bond acceptors (Lipinski definition) is 5. The van der Waals surface area contributed by atoms with Gasteiger partial charge in [0.05, 0.1) is 17.6 Å². The highest BCUT2D eigenvalue weighted by Crippen LogP contribution is 2.36. The molecule has 4 rings (SSSR count). The molecule has 188 valence electrons. The Kier molecular flexibility index (Phi) is 7.19. The number of aryl methyl sites for hydroxylation is 1. The van der Waals surface area contributed by atoms with Crippen molar-refractivity contribution in [2.45, 2.75) is 39.3 Å². The summed E-state index contributed by atoms with van der Waals surface area (Å²) in [4.78, 5) is 16.8. The molecular formula is C27H26F3N3O3. The number of nitrogens with zero attached hydrogens (tertiary/aromatic N) is 2. The molecule has 9 heteroatoms. The number of ketones is 1. The summed E-state index contributed by atoms with van der Waals surface area (Å²) in [5.41, 5.74) is 3.63. The fraction of sp³-hybridized carbons (Fsp3) is 0.259. The number of phenolic OH excluding ortho intramolecular Hbond substituents is 1. The molecule has 0 amide bonds. The summed E-state index contributed by atoms with van der Waals surface area (Å²) in [7, 11) is 0. The van der Waals surface area contributed by atoms with Gasteiger partial charge in [-0.05, 0) is 49.2 Å². The van der Waals surface area contributed by atoms with E-state index in [4.69, 9.17) is 4.74 Å². The molecule has 0 saturated carbocycles. The predicted molar refractivity (Wildman–Crippen MR) is 132 cm³/mol. The number of para-hydroxylation sites is 2. The number of carbonyl (C=O) groups is 1. The zero-order valence-electron chi connectivity index (χ0n) is 19.9. The highest BCUT2D eigenvalue weighted by molar-refractivity contribution is 5.98. The Labute approximate surface area is 206 Å². The number of rotatable bonds is 9. The Morgan fingerprint density at radius 2 is 1.92 bits per heavy atom. The fourth-order valence-electron chi connectivity index (χ4n) is 3.97. The van der Waals surface area contributed by atoms with Gasteiger partial charge in [0, 0.05) is 36.3 Å². The van der Waals surface area contributed by atoms with Gasteiger partial charge in [-0.2, -0.15) is 13.2 Å². The van der Waals surface area contributed by atoms with Crippen LogP contribution in [0, 0.1) is 6.92 Å². The number of aromatic nitrogens is 2. The number of anilines is 1.